The third kappa shape index (κ3) is 5.19. The van der Waals surface area contributed by atoms with E-state index >= 15 is 0 Å². The lowest BCUT2D eigenvalue weighted by Crippen LogP contribution is -3.05. The summed E-state index contributed by atoms with van der Waals surface area (Å²) in [6, 6.07) is 7.61. The normalized spacial score (nSPS) is 10.4. The Labute approximate surface area is 109 Å². The van der Waals surface area contributed by atoms with Crippen LogP contribution in [0.5, 0.6) is 5.75 Å². The van der Waals surface area contributed by atoms with E-state index in [0.717, 1.165) is 30.8 Å². The van der Waals surface area contributed by atoms with Gasteiger partial charge in [0.2, 0.25) is 5.91 Å². The Morgan fingerprint density at radius 2 is 2.06 bits per heavy atom. The maximum atomic E-state index is 11.8. The van der Waals surface area contributed by atoms with Crippen molar-refractivity contribution in [2.75, 3.05) is 34.3 Å². The number of rotatable bonds is 7. The molecule has 0 saturated carbocycles. The molecule has 1 aromatic rings. The van der Waals surface area contributed by atoms with E-state index in [4.69, 9.17) is 4.74 Å². The smallest absolute Gasteiger partial charge is 0.224 e. The van der Waals surface area contributed by atoms with Crippen LogP contribution in [0.2, 0.25) is 0 Å². The van der Waals surface area contributed by atoms with Gasteiger partial charge in [-0.1, -0.05) is 18.2 Å². The quantitative estimate of drug-likeness (QED) is 0.664. The van der Waals surface area contributed by atoms with Gasteiger partial charge in [0, 0.05) is 18.5 Å². The first-order valence-corrected chi connectivity index (χ1v) is 6.31. The number of para-hydroxylation sites is 1. The Morgan fingerprint density at radius 1 is 1.33 bits per heavy atom. The average molecular weight is 251 g/mol. The van der Waals surface area contributed by atoms with Gasteiger partial charge in [-0.25, -0.2) is 0 Å². The molecule has 0 radical (unpaired) electrons. The van der Waals surface area contributed by atoms with E-state index in [1.54, 1.807) is 7.11 Å². The molecule has 0 bridgehead atoms. The van der Waals surface area contributed by atoms with Crippen LogP contribution in [-0.4, -0.2) is 40.2 Å². The van der Waals surface area contributed by atoms with E-state index in [0.29, 0.717) is 6.42 Å². The van der Waals surface area contributed by atoms with Crippen LogP contribution in [-0.2, 0) is 11.2 Å². The van der Waals surface area contributed by atoms with Crippen molar-refractivity contribution >= 4 is 5.91 Å². The monoisotopic (exact) mass is 251 g/mol. The second-order valence-corrected chi connectivity index (χ2v) is 4.65. The topological polar surface area (TPSA) is 42.8 Å². The number of methoxy groups -OCH3 is 1. The first kappa shape index (κ1) is 14.5. The summed E-state index contributed by atoms with van der Waals surface area (Å²) in [7, 11) is 5.84. The zero-order valence-electron chi connectivity index (χ0n) is 11.5. The molecule has 100 valence electrons. The molecular weight excluding hydrogens is 228 g/mol. The molecule has 18 heavy (non-hydrogen) atoms. The second-order valence-electron chi connectivity index (χ2n) is 4.65. The molecule has 0 aliphatic rings. The minimum atomic E-state index is 0.0493. The second kappa shape index (κ2) is 7.71. The molecule has 0 unspecified atom stereocenters. The predicted octanol–water partition coefficient (Wildman–Crippen LogP) is -0.111. The fourth-order valence-corrected chi connectivity index (χ4v) is 1.75. The summed E-state index contributed by atoms with van der Waals surface area (Å²) in [5.41, 5.74) is 0.927. The third-order valence-corrected chi connectivity index (χ3v) is 2.72. The lowest BCUT2D eigenvalue weighted by atomic mass is 10.1. The highest BCUT2D eigenvalue weighted by Crippen LogP contribution is 2.17. The highest BCUT2D eigenvalue weighted by Gasteiger charge is 2.07. The Kier molecular flexibility index (Phi) is 6.22. The summed E-state index contributed by atoms with van der Waals surface area (Å²) in [6.07, 6.45) is 1.37. The number of hydrogen-bond acceptors (Lipinski definition) is 2. The molecular formula is C14H23N2O2+. The van der Waals surface area contributed by atoms with Crippen LogP contribution in [0.3, 0.4) is 0 Å². The molecule has 0 aliphatic heterocycles. The molecule has 1 amide bonds. The summed E-state index contributed by atoms with van der Waals surface area (Å²) in [6.45, 7) is 1.80. The van der Waals surface area contributed by atoms with Gasteiger partial charge in [-0.3, -0.25) is 4.79 Å². The van der Waals surface area contributed by atoms with Gasteiger partial charge in [-0.15, -0.1) is 0 Å². The Hall–Kier alpha value is -1.55. The number of nitrogens with one attached hydrogen (secondary N) is 2. The summed E-state index contributed by atoms with van der Waals surface area (Å²) in [4.78, 5) is 13.1. The highest BCUT2D eigenvalue weighted by atomic mass is 16.5. The molecule has 0 spiro atoms. The SMILES string of the molecule is COc1ccccc1CC(=O)NCCC[NH+](C)C. The van der Waals surface area contributed by atoms with E-state index in [1.807, 2.05) is 24.3 Å². The van der Waals surface area contributed by atoms with Crippen LogP contribution in [0.1, 0.15) is 12.0 Å². The molecule has 0 atom stereocenters. The van der Waals surface area contributed by atoms with Gasteiger partial charge in [-0.05, 0) is 6.07 Å². The summed E-state index contributed by atoms with van der Waals surface area (Å²) < 4.78 is 5.22. The van der Waals surface area contributed by atoms with Crippen LogP contribution in [0, 0.1) is 0 Å². The average Bonchev–Trinajstić information content (AvgIpc) is 2.35. The summed E-state index contributed by atoms with van der Waals surface area (Å²) >= 11 is 0. The van der Waals surface area contributed by atoms with Crippen LogP contribution in [0.25, 0.3) is 0 Å². The van der Waals surface area contributed by atoms with E-state index in [1.165, 1.54) is 4.90 Å². The fraction of sp³-hybridized carbons (Fsp3) is 0.500. The number of benzene rings is 1. The molecule has 1 aromatic carbocycles. The molecule has 0 aromatic heterocycles. The zero-order valence-corrected chi connectivity index (χ0v) is 11.5. The summed E-state index contributed by atoms with van der Waals surface area (Å²) in [5.74, 6) is 0.818. The van der Waals surface area contributed by atoms with Crippen molar-refractivity contribution in [3.05, 3.63) is 29.8 Å². The number of quaternary nitrogens is 1. The van der Waals surface area contributed by atoms with Gasteiger partial charge in [0.1, 0.15) is 5.75 Å². The van der Waals surface area contributed by atoms with Gasteiger partial charge < -0.3 is 15.0 Å². The molecule has 0 fully saturated rings. The van der Waals surface area contributed by atoms with Gasteiger partial charge in [0.15, 0.2) is 0 Å². The molecule has 0 aliphatic carbocycles. The zero-order chi connectivity index (χ0) is 13.4. The molecule has 4 nitrogen and oxygen atoms in total. The van der Waals surface area contributed by atoms with Crippen molar-refractivity contribution < 1.29 is 14.4 Å². The van der Waals surface area contributed by atoms with Crippen molar-refractivity contribution in [3.63, 3.8) is 0 Å². The number of carbonyl (C=O) groups is 1. The van der Waals surface area contributed by atoms with Crippen LogP contribution >= 0.6 is 0 Å². The van der Waals surface area contributed by atoms with Crippen molar-refractivity contribution in [1.82, 2.24) is 5.32 Å². The molecule has 2 N–H and O–H groups in total. The van der Waals surface area contributed by atoms with Crippen molar-refractivity contribution in [1.29, 1.82) is 0 Å². The number of carbonyl (C=O) groups excluding carboxylic acids is 1. The molecule has 4 heteroatoms. The fourth-order valence-electron chi connectivity index (χ4n) is 1.75. The number of amides is 1. The highest BCUT2D eigenvalue weighted by molar-refractivity contribution is 5.79. The van der Waals surface area contributed by atoms with E-state index in [2.05, 4.69) is 19.4 Å². The Morgan fingerprint density at radius 3 is 2.72 bits per heavy atom. The van der Waals surface area contributed by atoms with Gasteiger partial charge in [-0.2, -0.15) is 0 Å². The third-order valence-electron chi connectivity index (χ3n) is 2.72. The van der Waals surface area contributed by atoms with Gasteiger partial charge >= 0.3 is 0 Å². The standard InChI is InChI=1S/C14H22N2O2/c1-16(2)10-6-9-15-14(17)11-12-7-4-5-8-13(12)18-3/h4-5,7-8H,6,9-11H2,1-3H3,(H,15,17)/p+1. The first-order chi connectivity index (χ1) is 8.63. The van der Waals surface area contributed by atoms with E-state index in [9.17, 15) is 4.79 Å². The summed E-state index contributed by atoms with van der Waals surface area (Å²) in [5, 5.41) is 2.93. The predicted molar refractivity (Wildman–Crippen MR) is 72.0 cm³/mol. The lowest BCUT2D eigenvalue weighted by Gasteiger charge is -2.10. The molecule has 0 heterocycles. The van der Waals surface area contributed by atoms with Crippen LogP contribution < -0.4 is 15.0 Å². The largest absolute Gasteiger partial charge is 0.496 e. The van der Waals surface area contributed by atoms with Gasteiger partial charge in [0.25, 0.3) is 0 Å². The van der Waals surface area contributed by atoms with Crippen LogP contribution in [0.15, 0.2) is 24.3 Å². The first-order valence-electron chi connectivity index (χ1n) is 6.31. The van der Waals surface area contributed by atoms with Crippen LogP contribution in [0.4, 0.5) is 0 Å². The molecule has 0 saturated heterocycles. The Balaban J connectivity index is 2.35. The number of hydrogen-bond donors (Lipinski definition) is 2. The van der Waals surface area contributed by atoms with Crippen molar-refractivity contribution in [2.24, 2.45) is 0 Å². The van der Waals surface area contributed by atoms with Gasteiger partial charge in [0.05, 0.1) is 34.2 Å². The maximum Gasteiger partial charge on any atom is 0.224 e. The minimum absolute atomic E-state index is 0.0493. The minimum Gasteiger partial charge on any atom is -0.496 e. The van der Waals surface area contributed by atoms with Crippen molar-refractivity contribution in [2.45, 2.75) is 12.8 Å². The van der Waals surface area contributed by atoms with Crippen molar-refractivity contribution in [3.8, 4) is 5.75 Å². The lowest BCUT2D eigenvalue weighted by molar-refractivity contribution is -0.858. The Bertz CT molecular complexity index is 378. The van der Waals surface area contributed by atoms with E-state index in [-0.39, 0.29) is 5.91 Å². The number of ether oxygens (including phenoxy) is 1. The maximum absolute atomic E-state index is 11.8. The van der Waals surface area contributed by atoms with E-state index < -0.39 is 0 Å². The molecule has 1 rings (SSSR count).